The Morgan fingerprint density at radius 2 is 0.556 bits per heavy atom. The molecule has 0 bridgehead atoms. The van der Waals surface area contributed by atoms with Gasteiger partial charge in [0.1, 0.15) is 0 Å². The van der Waals surface area contributed by atoms with Gasteiger partial charge < -0.3 is 0 Å². The average molecular weight is 511 g/mol. The summed E-state index contributed by atoms with van der Waals surface area (Å²) in [6.45, 7) is -4.69. The summed E-state index contributed by atoms with van der Waals surface area (Å²) in [5.41, 5.74) is 0. The zero-order valence-electron chi connectivity index (χ0n) is 21.5. The van der Waals surface area contributed by atoms with Crippen LogP contribution in [0, 0.1) is 0 Å². The van der Waals surface area contributed by atoms with Crippen LogP contribution < -0.4 is 21.2 Å². The molecule has 0 saturated carbocycles. The van der Waals surface area contributed by atoms with Crippen molar-refractivity contribution < 1.29 is 0 Å². The van der Waals surface area contributed by atoms with Gasteiger partial charge in [0.25, 0.3) is 0 Å². The van der Waals surface area contributed by atoms with Gasteiger partial charge in [0.15, 0.2) is 0 Å². The molecular weight excluding hydrogens is 470 g/mol. The molecule has 2 aliphatic heterocycles. The molecule has 2 saturated heterocycles. The van der Waals surface area contributed by atoms with Gasteiger partial charge in [0.2, 0.25) is 0 Å². The van der Waals surface area contributed by atoms with Gasteiger partial charge in [-0.05, 0) is 0 Å². The fraction of sp³-hybridized carbons (Fsp3) is 0.294. The van der Waals surface area contributed by atoms with Crippen molar-refractivity contribution in [2.45, 2.75) is 25.7 Å². The average Bonchev–Trinajstić information content (AvgIpc) is 3.63. The SMILES string of the molecule is c1ccc(P2(CCP3(c4ccccc4)(c4ccccc4)CCCC3)(c3ccccc3)CCCC2)cc1. The van der Waals surface area contributed by atoms with Crippen molar-refractivity contribution in [3.63, 3.8) is 0 Å². The van der Waals surface area contributed by atoms with E-state index in [1.54, 1.807) is 21.2 Å². The second kappa shape index (κ2) is 9.24. The number of hydrogen-bond donors (Lipinski definition) is 0. The molecule has 4 aromatic rings. The third-order valence-corrected chi connectivity index (χ3v) is 25.4. The Morgan fingerprint density at radius 3 is 0.778 bits per heavy atom. The van der Waals surface area contributed by atoms with Crippen LogP contribution in [-0.4, -0.2) is 37.0 Å². The summed E-state index contributed by atoms with van der Waals surface area (Å²) in [7, 11) is 0. The van der Waals surface area contributed by atoms with Crippen LogP contribution in [0.5, 0.6) is 0 Å². The summed E-state index contributed by atoms with van der Waals surface area (Å²) in [6.07, 6.45) is 13.7. The third-order valence-electron chi connectivity index (χ3n) is 10.2. The van der Waals surface area contributed by atoms with Crippen LogP contribution in [0.25, 0.3) is 0 Å². The first-order chi connectivity index (χ1) is 17.7. The van der Waals surface area contributed by atoms with Crippen molar-refractivity contribution in [3.8, 4) is 0 Å². The minimum absolute atomic E-state index is 1.36. The molecule has 0 amide bonds. The van der Waals surface area contributed by atoms with E-state index in [1.807, 2.05) is 0 Å². The molecule has 2 aliphatic rings. The van der Waals surface area contributed by atoms with Crippen molar-refractivity contribution in [2.24, 2.45) is 0 Å². The predicted molar refractivity (Wildman–Crippen MR) is 166 cm³/mol. The van der Waals surface area contributed by atoms with Gasteiger partial charge >= 0.3 is 218 Å². The topological polar surface area (TPSA) is 0 Å². The first kappa shape index (κ1) is 24.1. The van der Waals surface area contributed by atoms with Crippen LogP contribution in [0.15, 0.2) is 121 Å². The normalized spacial score (nSPS) is 23.6. The van der Waals surface area contributed by atoms with Crippen molar-refractivity contribution >= 4 is 34.4 Å². The summed E-state index contributed by atoms with van der Waals surface area (Å²) < 4.78 is 0. The van der Waals surface area contributed by atoms with Crippen LogP contribution >= 0.6 is 13.2 Å². The molecule has 2 heterocycles. The van der Waals surface area contributed by atoms with Gasteiger partial charge in [0.05, 0.1) is 0 Å². The van der Waals surface area contributed by atoms with Crippen molar-refractivity contribution in [2.75, 3.05) is 37.0 Å². The summed E-state index contributed by atoms with van der Waals surface area (Å²) in [5, 5.41) is 6.68. The number of rotatable bonds is 7. The van der Waals surface area contributed by atoms with Gasteiger partial charge in [-0.1, -0.05) is 0 Å². The Morgan fingerprint density at radius 1 is 0.333 bits per heavy atom. The fourth-order valence-corrected chi connectivity index (χ4v) is 24.9. The Hall–Kier alpha value is -2.26. The zero-order valence-corrected chi connectivity index (χ0v) is 23.3. The van der Waals surface area contributed by atoms with E-state index in [1.165, 1.54) is 62.7 Å². The maximum absolute atomic E-state index is 2.50. The summed E-state index contributed by atoms with van der Waals surface area (Å²) in [4.78, 5) is 0. The van der Waals surface area contributed by atoms with Crippen molar-refractivity contribution in [1.29, 1.82) is 0 Å². The van der Waals surface area contributed by atoms with Gasteiger partial charge in [-0.3, -0.25) is 0 Å². The van der Waals surface area contributed by atoms with E-state index in [2.05, 4.69) is 121 Å². The predicted octanol–water partition coefficient (Wildman–Crippen LogP) is 6.98. The molecule has 0 radical (unpaired) electrons. The van der Waals surface area contributed by atoms with Gasteiger partial charge in [0, 0.05) is 0 Å². The molecule has 4 aromatic carbocycles. The van der Waals surface area contributed by atoms with Crippen LogP contribution in [0.3, 0.4) is 0 Å². The van der Waals surface area contributed by atoms with E-state index in [0.29, 0.717) is 0 Å². The van der Waals surface area contributed by atoms with Crippen LogP contribution in [0.2, 0.25) is 0 Å². The summed E-state index contributed by atoms with van der Waals surface area (Å²) >= 11 is 0. The van der Waals surface area contributed by atoms with Crippen molar-refractivity contribution in [3.05, 3.63) is 121 Å². The first-order valence-electron chi connectivity index (χ1n) is 13.9. The monoisotopic (exact) mass is 510 g/mol. The van der Waals surface area contributed by atoms with E-state index >= 15 is 0 Å². The zero-order chi connectivity index (χ0) is 24.4. The van der Waals surface area contributed by atoms with Gasteiger partial charge in [-0.15, -0.1) is 0 Å². The second-order valence-corrected chi connectivity index (χ2v) is 23.2. The van der Waals surface area contributed by atoms with E-state index in [4.69, 9.17) is 0 Å². The Kier molecular flexibility index (Phi) is 6.19. The van der Waals surface area contributed by atoms with Crippen LogP contribution in [-0.2, 0) is 0 Å². The molecule has 36 heavy (non-hydrogen) atoms. The maximum atomic E-state index is 2.50. The van der Waals surface area contributed by atoms with E-state index in [0.717, 1.165) is 0 Å². The molecule has 186 valence electrons. The Balaban J connectivity index is 1.58. The molecule has 0 spiro atoms. The van der Waals surface area contributed by atoms with E-state index < -0.39 is 13.2 Å². The van der Waals surface area contributed by atoms with Crippen LogP contribution in [0.4, 0.5) is 0 Å². The third kappa shape index (κ3) is 3.49. The molecule has 0 unspecified atom stereocenters. The standard InChI is InChI=1S/C34H40P2/c1-5-17-31(18-6-1)35(25-13-14-26-35,32-19-7-2-8-20-32)29-30-36(27-15-16-28-36,33-21-9-3-10-22-33)34-23-11-4-12-24-34/h1-12,17-24H,13-16,25-30H2. The number of hydrogen-bond acceptors (Lipinski definition) is 0. The molecule has 0 aliphatic carbocycles. The molecule has 0 atom stereocenters. The Bertz CT molecular complexity index is 1090. The summed E-state index contributed by atoms with van der Waals surface area (Å²) in [5.74, 6) is 0. The van der Waals surface area contributed by atoms with Gasteiger partial charge in [-0.25, -0.2) is 0 Å². The first-order valence-corrected chi connectivity index (χ1v) is 19.5. The molecule has 6 rings (SSSR count). The van der Waals surface area contributed by atoms with Crippen LogP contribution in [0.1, 0.15) is 25.7 Å². The quantitative estimate of drug-likeness (QED) is 0.235. The molecular formula is C34H40P2. The molecule has 2 heteroatoms. The summed E-state index contributed by atoms with van der Waals surface area (Å²) in [6, 6.07) is 47.2. The number of benzene rings is 4. The second-order valence-electron chi connectivity index (χ2n) is 11.6. The molecule has 0 aromatic heterocycles. The minimum atomic E-state index is -2.34. The molecule has 0 N–H and O–H groups in total. The van der Waals surface area contributed by atoms with Gasteiger partial charge in [-0.2, -0.15) is 0 Å². The van der Waals surface area contributed by atoms with E-state index in [-0.39, 0.29) is 0 Å². The Labute approximate surface area is 218 Å². The molecule has 2 fully saturated rings. The van der Waals surface area contributed by atoms with Crippen molar-refractivity contribution in [1.82, 2.24) is 0 Å². The fourth-order valence-electron chi connectivity index (χ4n) is 8.25. The molecule has 0 nitrogen and oxygen atoms in total. The van der Waals surface area contributed by atoms with E-state index in [9.17, 15) is 0 Å².